The van der Waals surface area contributed by atoms with Gasteiger partial charge in [-0.05, 0) is 42.9 Å². The molecule has 1 saturated carbocycles. The van der Waals surface area contributed by atoms with Gasteiger partial charge < -0.3 is 5.11 Å². The summed E-state index contributed by atoms with van der Waals surface area (Å²) >= 11 is 0. The summed E-state index contributed by atoms with van der Waals surface area (Å²) < 4.78 is 38.4. The van der Waals surface area contributed by atoms with Crippen LogP contribution in [0.25, 0.3) is 0 Å². The van der Waals surface area contributed by atoms with Crippen molar-refractivity contribution in [2.24, 2.45) is 5.92 Å². The lowest BCUT2D eigenvalue weighted by molar-refractivity contribution is -0.140. The summed E-state index contributed by atoms with van der Waals surface area (Å²) in [5.41, 5.74) is -0.192. The Morgan fingerprint density at radius 3 is 2.57 bits per heavy atom. The summed E-state index contributed by atoms with van der Waals surface area (Å²) in [5, 5.41) is 12.1. The topological polar surface area (TPSA) is 49.3 Å². The van der Waals surface area contributed by atoms with Gasteiger partial charge in [0.2, 0.25) is 0 Å². The van der Waals surface area contributed by atoms with Gasteiger partial charge in [0.1, 0.15) is 6.04 Å². The van der Waals surface area contributed by atoms with E-state index in [-0.39, 0.29) is 12.0 Å². The number of carboxylic acids is 1. The Bertz CT molecular complexity index is 512. The smallest absolute Gasteiger partial charge is 0.416 e. The lowest BCUT2D eigenvalue weighted by Gasteiger charge is -2.23. The molecule has 21 heavy (non-hydrogen) atoms. The van der Waals surface area contributed by atoms with E-state index in [1.54, 1.807) is 13.0 Å². The molecule has 1 aliphatic carbocycles. The van der Waals surface area contributed by atoms with Gasteiger partial charge in [-0.1, -0.05) is 19.1 Å². The third-order valence-electron chi connectivity index (χ3n) is 3.75. The normalized spacial score (nSPS) is 18.3. The Morgan fingerprint density at radius 1 is 1.43 bits per heavy atom. The van der Waals surface area contributed by atoms with E-state index in [9.17, 15) is 18.0 Å². The number of alkyl halides is 3. The number of carboxylic acid groups (broad SMARTS) is 1. The minimum absolute atomic E-state index is 0.210. The van der Waals surface area contributed by atoms with Crippen LogP contribution in [0.3, 0.4) is 0 Å². The van der Waals surface area contributed by atoms with Gasteiger partial charge >= 0.3 is 12.1 Å². The number of hydrogen-bond donors (Lipinski definition) is 2. The van der Waals surface area contributed by atoms with Crippen molar-refractivity contribution in [2.45, 2.75) is 44.4 Å². The lowest BCUT2D eigenvalue weighted by atomic mass is 9.98. The standard InChI is InChI=1S/C15H18F3NO2/c1-2-12(14(20)21)19-13(9-6-7-9)10-4-3-5-11(8-10)15(16,17)18/h3-5,8-9,12-13,19H,2,6-7H2,1H3,(H,20,21). The quantitative estimate of drug-likeness (QED) is 0.844. The van der Waals surface area contributed by atoms with Crippen LogP contribution in [-0.4, -0.2) is 17.1 Å². The molecule has 0 spiro atoms. The molecule has 2 atom stereocenters. The van der Waals surface area contributed by atoms with Crippen LogP contribution in [0.5, 0.6) is 0 Å². The predicted octanol–water partition coefficient (Wildman–Crippen LogP) is 3.61. The van der Waals surface area contributed by atoms with Crippen LogP contribution in [0.15, 0.2) is 24.3 Å². The summed E-state index contributed by atoms with van der Waals surface area (Å²) in [4.78, 5) is 11.1. The highest BCUT2D eigenvalue weighted by Gasteiger charge is 2.36. The first-order valence-electron chi connectivity index (χ1n) is 6.99. The fourth-order valence-corrected chi connectivity index (χ4v) is 2.42. The molecule has 116 valence electrons. The van der Waals surface area contributed by atoms with Gasteiger partial charge in [-0.15, -0.1) is 0 Å². The highest BCUT2D eigenvalue weighted by molar-refractivity contribution is 5.73. The van der Waals surface area contributed by atoms with Gasteiger partial charge in [0.15, 0.2) is 0 Å². The average molecular weight is 301 g/mol. The molecular formula is C15H18F3NO2. The maximum Gasteiger partial charge on any atom is 0.416 e. The summed E-state index contributed by atoms with van der Waals surface area (Å²) in [6.07, 6.45) is -2.19. The summed E-state index contributed by atoms with van der Waals surface area (Å²) in [7, 11) is 0. The molecule has 1 aromatic carbocycles. The third kappa shape index (κ3) is 3.97. The first-order valence-corrected chi connectivity index (χ1v) is 6.99. The number of hydrogen-bond acceptors (Lipinski definition) is 2. The first-order chi connectivity index (χ1) is 9.82. The Hall–Kier alpha value is -1.56. The molecule has 0 aliphatic heterocycles. The number of benzene rings is 1. The first kappa shape index (κ1) is 15.8. The molecule has 0 amide bonds. The zero-order valence-electron chi connectivity index (χ0n) is 11.7. The fraction of sp³-hybridized carbons (Fsp3) is 0.533. The fourth-order valence-electron chi connectivity index (χ4n) is 2.42. The zero-order chi connectivity index (χ0) is 15.6. The van der Waals surface area contributed by atoms with Crippen molar-refractivity contribution in [3.8, 4) is 0 Å². The van der Waals surface area contributed by atoms with E-state index >= 15 is 0 Å². The second kappa shape index (κ2) is 6.05. The van der Waals surface area contributed by atoms with Gasteiger partial charge in [-0.2, -0.15) is 13.2 Å². The lowest BCUT2D eigenvalue weighted by Crippen LogP contribution is -2.39. The molecule has 0 heterocycles. The van der Waals surface area contributed by atoms with Crippen molar-refractivity contribution < 1.29 is 23.1 Å². The molecule has 0 bridgehead atoms. The van der Waals surface area contributed by atoms with Gasteiger partial charge in [-0.25, -0.2) is 0 Å². The molecule has 6 heteroatoms. The molecule has 2 rings (SSSR count). The van der Waals surface area contributed by atoms with Crippen LogP contribution in [0, 0.1) is 5.92 Å². The summed E-state index contributed by atoms with van der Waals surface area (Å²) in [6.45, 7) is 1.74. The van der Waals surface area contributed by atoms with E-state index in [1.807, 2.05) is 0 Å². The Labute approximate surface area is 121 Å². The SMILES string of the molecule is CCC(NC(c1cccc(C(F)(F)F)c1)C1CC1)C(=O)O. The van der Waals surface area contributed by atoms with Crippen molar-refractivity contribution in [3.63, 3.8) is 0 Å². The largest absolute Gasteiger partial charge is 0.480 e. The van der Waals surface area contributed by atoms with Crippen LogP contribution in [0.2, 0.25) is 0 Å². The van der Waals surface area contributed by atoms with Crippen molar-refractivity contribution in [3.05, 3.63) is 35.4 Å². The minimum atomic E-state index is -4.39. The van der Waals surface area contributed by atoms with Crippen LogP contribution in [-0.2, 0) is 11.0 Å². The average Bonchev–Trinajstić information content (AvgIpc) is 3.23. The van der Waals surface area contributed by atoms with E-state index in [2.05, 4.69) is 5.32 Å². The van der Waals surface area contributed by atoms with E-state index < -0.39 is 23.8 Å². The molecule has 3 nitrogen and oxygen atoms in total. The Balaban J connectivity index is 2.24. The number of aliphatic carboxylic acids is 1. The Kier molecular flexibility index (Phi) is 4.56. The monoisotopic (exact) mass is 301 g/mol. The molecule has 1 aromatic rings. The second-order valence-corrected chi connectivity index (χ2v) is 5.40. The van der Waals surface area contributed by atoms with Crippen molar-refractivity contribution in [1.29, 1.82) is 0 Å². The molecule has 1 aliphatic rings. The number of nitrogens with one attached hydrogen (secondary N) is 1. The van der Waals surface area contributed by atoms with Crippen molar-refractivity contribution >= 4 is 5.97 Å². The van der Waals surface area contributed by atoms with E-state index in [1.165, 1.54) is 6.07 Å². The molecule has 1 fully saturated rings. The third-order valence-corrected chi connectivity index (χ3v) is 3.75. The molecule has 2 unspecified atom stereocenters. The van der Waals surface area contributed by atoms with Crippen LogP contribution in [0.1, 0.15) is 43.4 Å². The predicted molar refractivity (Wildman–Crippen MR) is 71.8 cm³/mol. The molecule has 0 aromatic heterocycles. The minimum Gasteiger partial charge on any atom is -0.480 e. The van der Waals surface area contributed by atoms with Gasteiger partial charge in [0.25, 0.3) is 0 Å². The van der Waals surface area contributed by atoms with Crippen molar-refractivity contribution in [2.75, 3.05) is 0 Å². The number of carbonyl (C=O) groups is 1. The maximum absolute atomic E-state index is 12.8. The van der Waals surface area contributed by atoms with Gasteiger partial charge in [-0.3, -0.25) is 10.1 Å². The van der Waals surface area contributed by atoms with E-state index in [0.29, 0.717) is 12.0 Å². The van der Waals surface area contributed by atoms with Gasteiger partial charge in [0.05, 0.1) is 5.56 Å². The van der Waals surface area contributed by atoms with Gasteiger partial charge in [0, 0.05) is 6.04 Å². The van der Waals surface area contributed by atoms with Crippen LogP contribution in [0.4, 0.5) is 13.2 Å². The highest BCUT2D eigenvalue weighted by Crippen LogP contribution is 2.42. The molecule has 2 N–H and O–H groups in total. The van der Waals surface area contributed by atoms with E-state index in [4.69, 9.17) is 5.11 Å². The van der Waals surface area contributed by atoms with E-state index in [0.717, 1.165) is 25.0 Å². The van der Waals surface area contributed by atoms with Crippen LogP contribution >= 0.6 is 0 Å². The Morgan fingerprint density at radius 2 is 2.10 bits per heavy atom. The summed E-state index contributed by atoms with van der Waals surface area (Å²) in [5.74, 6) is -0.767. The number of halogens is 3. The molecular weight excluding hydrogens is 283 g/mol. The highest BCUT2D eigenvalue weighted by atomic mass is 19.4. The molecule has 0 radical (unpaired) electrons. The summed E-state index contributed by atoms with van der Waals surface area (Å²) in [6, 6.07) is 4.06. The van der Waals surface area contributed by atoms with Crippen molar-refractivity contribution in [1.82, 2.24) is 5.32 Å². The maximum atomic E-state index is 12.8. The van der Waals surface area contributed by atoms with Crippen LogP contribution < -0.4 is 5.32 Å². The molecule has 0 saturated heterocycles. The zero-order valence-corrected chi connectivity index (χ0v) is 11.7. The second-order valence-electron chi connectivity index (χ2n) is 5.40. The number of rotatable bonds is 6.